The predicted molar refractivity (Wildman–Crippen MR) is 155 cm³/mol. The van der Waals surface area contributed by atoms with Crippen LogP contribution in [0, 0.1) is 20.8 Å². The van der Waals surface area contributed by atoms with Gasteiger partial charge in [-0.3, -0.25) is 14.4 Å². The molecule has 0 bridgehead atoms. The minimum atomic E-state index is -2.01. The average molecular weight is 581 g/mol. The van der Waals surface area contributed by atoms with E-state index in [1.807, 2.05) is 0 Å². The number of hydrogen-bond donors (Lipinski definition) is 3. The summed E-state index contributed by atoms with van der Waals surface area (Å²) in [4.78, 5) is 40.9. The standard InChI is InChI=1S/C34H28O9/c1-13-7-17-18(10-23(13)36)27-21(12-24(17)37)33(4,5)32(40)34(41-6)31(27)42-25-11-19-16-9-22(35)14(2)8-20(16)28(38)29(39)26(19)15(3)30(25)43-34/h7-12,31,35-37H,1-6H3. The summed E-state index contributed by atoms with van der Waals surface area (Å²) in [5.74, 6) is -3.77. The smallest absolute Gasteiger partial charge is 0.313 e. The monoisotopic (exact) mass is 580 g/mol. The molecule has 3 N–H and O–H groups in total. The summed E-state index contributed by atoms with van der Waals surface area (Å²) in [6.45, 7) is 8.34. The highest BCUT2D eigenvalue weighted by Crippen LogP contribution is 2.58. The molecule has 9 nitrogen and oxygen atoms in total. The molecule has 4 aromatic rings. The van der Waals surface area contributed by atoms with E-state index >= 15 is 0 Å². The molecule has 0 saturated carbocycles. The highest BCUT2D eigenvalue weighted by molar-refractivity contribution is 6.53. The molecule has 7 rings (SSSR count). The first-order chi connectivity index (χ1) is 20.2. The lowest BCUT2D eigenvalue weighted by atomic mass is 9.66. The van der Waals surface area contributed by atoms with Gasteiger partial charge in [-0.25, -0.2) is 0 Å². The minimum absolute atomic E-state index is 0.00467. The Bertz CT molecular complexity index is 2020. The summed E-state index contributed by atoms with van der Waals surface area (Å²) in [6.07, 6.45) is -1.19. The number of phenolic OH excluding ortho intramolecular Hbond substituents is 3. The number of aromatic hydroxyl groups is 3. The van der Waals surface area contributed by atoms with Crippen LogP contribution >= 0.6 is 0 Å². The molecule has 0 aromatic heterocycles. The van der Waals surface area contributed by atoms with Crippen LogP contribution in [0.3, 0.4) is 0 Å². The number of benzene rings is 4. The number of carbonyl (C=O) groups is 3. The first-order valence-corrected chi connectivity index (χ1v) is 13.8. The summed E-state index contributed by atoms with van der Waals surface area (Å²) >= 11 is 0. The van der Waals surface area contributed by atoms with Gasteiger partial charge < -0.3 is 29.5 Å². The van der Waals surface area contributed by atoms with E-state index in [4.69, 9.17) is 14.2 Å². The fourth-order valence-electron chi connectivity index (χ4n) is 6.82. The van der Waals surface area contributed by atoms with Gasteiger partial charge in [-0.1, -0.05) is 0 Å². The number of carbonyl (C=O) groups excluding carboxylic acids is 3. The minimum Gasteiger partial charge on any atom is -0.508 e. The summed E-state index contributed by atoms with van der Waals surface area (Å²) in [5.41, 5.74) is 2.04. The van der Waals surface area contributed by atoms with Crippen LogP contribution in [0.5, 0.6) is 28.7 Å². The van der Waals surface area contributed by atoms with Crippen molar-refractivity contribution in [1.82, 2.24) is 0 Å². The van der Waals surface area contributed by atoms with Gasteiger partial charge in [0.15, 0.2) is 17.6 Å². The molecule has 3 aliphatic rings. The van der Waals surface area contributed by atoms with Gasteiger partial charge in [-0.05, 0) is 104 Å². The van der Waals surface area contributed by atoms with Crippen molar-refractivity contribution in [1.29, 1.82) is 0 Å². The molecule has 218 valence electrons. The number of methoxy groups -OCH3 is 1. The number of hydrogen-bond acceptors (Lipinski definition) is 9. The lowest BCUT2D eigenvalue weighted by molar-refractivity contribution is -0.233. The Morgan fingerprint density at radius 1 is 0.767 bits per heavy atom. The normalized spacial score (nSPS) is 21.3. The molecule has 0 spiro atoms. The van der Waals surface area contributed by atoms with Crippen LogP contribution < -0.4 is 9.47 Å². The maximum atomic E-state index is 14.3. The lowest BCUT2D eigenvalue weighted by Gasteiger charge is -2.50. The van der Waals surface area contributed by atoms with E-state index < -0.39 is 34.7 Å². The Kier molecular flexibility index (Phi) is 5.24. The van der Waals surface area contributed by atoms with E-state index in [1.54, 1.807) is 46.8 Å². The zero-order valence-electron chi connectivity index (χ0n) is 24.3. The Morgan fingerprint density at radius 3 is 2.14 bits per heavy atom. The van der Waals surface area contributed by atoms with Crippen LogP contribution in [0.4, 0.5) is 0 Å². The molecule has 4 aromatic carbocycles. The largest absolute Gasteiger partial charge is 0.508 e. The fraction of sp³-hybridized carbons (Fsp3) is 0.265. The second-order valence-corrected chi connectivity index (χ2v) is 12.1. The van der Waals surface area contributed by atoms with Crippen LogP contribution in [0.15, 0.2) is 36.4 Å². The van der Waals surface area contributed by atoms with E-state index in [0.717, 1.165) is 0 Å². The number of ketones is 3. The Morgan fingerprint density at radius 2 is 1.44 bits per heavy atom. The third-order valence-corrected chi connectivity index (χ3v) is 9.23. The summed E-state index contributed by atoms with van der Waals surface area (Å²) < 4.78 is 19.0. The van der Waals surface area contributed by atoms with E-state index in [1.165, 1.54) is 31.4 Å². The molecule has 0 saturated heterocycles. The van der Waals surface area contributed by atoms with Crippen LogP contribution in [0.1, 0.15) is 68.5 Å². The number of ether oxygens (including phenoxy) is 3. The van der Waals surface area contributed by atoms with E-state index in [9.17, 15) is 29.7 Å². The molecule has 9 heteroatoms. The van der Waals surface area contributed by atoms with Gasteiger partial charge >= 0.3 is 5.79 Å². The number of aryl methyl sites for hydroxylation is 2. The third kappa shape index (κ3) is 3.22. The summed E-state index contributed by atoms with van der Waals surface area (Å²) in [6, 6.07) is 9.23. The van der Waals surface area contributed by atoms with Gasteiger partial charge in [-0.15, -0.1) is 0 Å². The molecule has 2 unspecified atom stereocenters. The molecule has 0 fully saturated rings. The molecule has 0 amide bonds. The number of phenols is 3. The fourth-order valence-corrected chi connectivity index (χ4v) is 6.82. The molecule has 2 aliphatic carbocycles. The predicted octanol–water partition coefficient (Wildman–Crippen LogP) is 5.64. The van der Waals surface area contributed by atoms with Crippen molar-refractivity contribution in [3.05, 3.63) is 75.3 Å². The van der Waals surface area contributed by atoms with Gasteiger partial charge in [0.25, 0.3) is 0 Å². The molecule has 0 radical (unpaired) electrons. The van der Waals surface area contributed by atoms with Crippen molar-refractivity contribution in [3.8, 4) is 39.9 Å². The molecule has 2 atom stereocenters. The Hall–Kier alpha value is -4.89. The molecule has 43 heavy (non-hydrogen) atoms. The van der Waals surface area contributed by atoms with E-state index in [-0.39, 0.29) is 45.4 Å². The lowest BCUT2D eigenvalue weighted by Crippen LogP contribution is -2.63. The highest BCUT2D eigenvalue weighted by atomic mass is 16.7. The van der Waals surface area contributed by atoms with Gasteiger partial charge in [0.05, 0.1) is 5.41 Å². The van der Waals surface area contributed by atoms with Crippen LogP contribution in [-0.4, -0.2) is 45.6 Å². The third-order valence-electron chi connectivity index (χ3n) is 9.23. The second-order valence-electron chi connectivity index (χ2n) is 12.1. The molecule has 1 aliphatic heterocycles. The first kappa shape index (κ1) is 27.0. The van der Waals surface area contributed by atoms with Crippen molar-refractivity contribution in [2.24, 2.45) is 0 Å². The zero-order valence-corrected chi connectivity index (χ0v) is 24.3. The summed E-state index contributed by atoms with van der Waals surface area (Å²) in [7, 11) is 1.33. The molecular weight excluding hydrogens is 552 g/mol. The Labute approximate surface area is 246 Å². The van der Waals surface area contributed by atoms with Crippen molar-refractivity contribution < 1.29 is 43.9 Å². The second kappa shape index (κ2) is 8.35. The van der Waals surface area contributed by atoms with Crippen molar-refractivity contribution in [2.45, 2.75) is 51.9 Å². The van der Waals surface area contributed by atoms with Crippen molar-refractivity contribution in [3.63, 3.8) is 0 Å². The van der Waals surface area contributed by atoms with Crippen LogP contribution in [0.25, 0.3) is 21.9 Å². The van der Waals surface area contributed by atoms with E-state index in [0.29, 0.717) is 44.2 Å². The maximum absolute atomic E-state index is 14.3. The molecule has 1 heterocycles. The zero-order chi connectivity index (χ0) is 30.9. The van der Waals surface area contributed by atoms with Gasteiger partial charge in [0, 0.05) is 34.7 Å². The van der Waals surface area contributed by atoms with Gasteiger partial charge in [-0.2, -0.15) is 0 Å². The Balaban J connectivity index is 1.54. The average Bonchev–Trinajstić information content (AvgIpc) is 2.96. The highest BCUT2D eigenvalue weighted by Gasteiger charge is 2.64. The quantitative estimate of drug-likeness (QED) is 0.244. The van der Waals surface area contributed by atoms with Crippen LogP contribution in [0.2, 0.25) is 0 Å². The number of Topliss-reactive ketones (excluding diaryl/α,β-unsaturated/α-hetero) is 3. The van der Waals surface area contributed by atoms with Gasteiger partial charge in [0.1, 0.15) is 17.2 Å². The summed E-state index contributed by atoms with van der Waals surface area (Å²) in [5, 5.41) is 33.1. The topological polar surface area (TPSA) is 140 Å². The van der Waals surface area contributed by atoms with Crippen LogP contribution in [-0.2, 0) is 14.9 Å². The van der Waals surface area contributed by atoms with Gasteiger partial charge in [0.2, 0.25) is 17.3 Å². The number of fused-ring (bicyclic) bond motifs is 9. The maximum Gasteiger partial charge on any atom is 0.313 e. The SMILES string of the molecule is COC12Oc3c(cc4c(c3C)C(=O)C(=O)c3cc(C)c(O)cc3-4)OC1c1c(cc(O)c3cc(C)c(O)cc13)C(C)(C)C2=O. The van der Waals surface area contributed by atoms with E-state index in [2.05, 4.69) is 0 Å². The number of rotatable bonds is 1. The van der Waals surface area contributed by atoms with Crippen molar-refractivity contribution in [2.75, 3.05) is 7.11 Å². The first-order valence-electron chi connectivity index (χ1n) is 13.8. The van der Waals surface area contributed by atoms with Crippen molar-refractivity contribution >= 4 is 28.1 Å². The molecular formula is C34H28O9.